The molecule has 1 aromatic carbocycles. The van der Waals surface area contributed by atoms with Crippen LogP contribution in [-0.4, -0.2) is 19.9 Å². The van der Waals surface area contributed by atoms with Gasteiger partial charge in [0.05, 0.1) is 0 Å². The zero-order valence-corrected chi connectivity index (χ0v) is 9.59. The standard InChI is InChI=1S/C11H16ClNO2/c1-2-14-8-15-11-5-3-4-10(12)9(11)6-7-13/h3-5H,2,6-8,13H2,1H3. The van der Waals surface area contributed by atoms with Gasteiger partial charge in [-0.25, -0.2) is 0 Å². The van der Waals surface area contributed by atoms with E-state index in [4.69, 9.17) is 26.8 Å². The molecule has 84 valence electrons. The molecule has 4 heteroatoms. The first-order valence-corrected chi connectivity index (χ1v) is 5.35. The monoisotopic (exact) mass is 229 g/mol. The summed E-state index contributed by atoms with van der Waals surface area (Å²) < 4.78 is 10.6. The molecule has 0 saturated carbocycles. The molecule has 3 nitrogen and oxygen atoms in total. The van der Waals surface area contributed by atoms with Crippen molar-refractivity contribution in [2.45, 2.75) is 13.3 Å². The summed E-state index contributed by atoms with van der Waals surface area (Å²) in [5.41, 5.74) is 6.45. The molecule has 0 aliphatic carbocycles. The Balaban J connectivity index is 2.71. The van der Waals surface area contributed by atoms with Gasteiger partial charge >= 0.3 is 0 Å². The van der Waals surface area contributed by atoms with Gasteiger partial charge in [0, 0.05) is 17.2 Å². The number of hydrogen-bond acceptors (Lipinski definition) is 3. The quantitative estimate of drug-likeness (QED) is 0.601. The van der Waals surface area contributed by atoms with Gasteiger partial charge in [-0.1, -0.05) is 17.7 Å². The molecule has 2 N–H and O–H groups in total. The first kappa shape index (κ1) is 12.3. The molecule has 0 amide bonds. The molecule has 0 fully saturated rings. The van der Waals surface area contributed by atoms with E-state index in [1.807, 2.05) is 25.1 Å². The fraction of sp³-hybridized carbons (Fsp3) is 0.455. The molecular weight excluding hydrogens is 214 g/mol. The smallest absolute Gasteiger partial charge is 0.189 e. The molecule has 15 heavy (non-hydrogen) atoms. The number of rotatable bonds is 6. The van der Waals surface area contributed by atoms with Crippen LogP contribution >= 0.6 is 11.6 Å². The number of nitrogens with two attached hydrogens (primary N) is 1. The van der Waals surface area contributed by atoms with Gasteiger partial charge in [0.2, 0.25) is 0 Å². The van der Waals surface area contributed by atoms with Crippen molar-refractivity contribution in [1.29, 1.82) is 0 Å². The van der Waals surface area contributed by atoms with Crippen molar-refractivity contribution in [2.75, 3.05) is 19.9 Å². The van der Waals surface area contributed by atoms with Crippen LogP contribution in [0.2, 0.25) is 5.02 Å². The number of benzene rings is 1. The molecule has 1 rings (SSSR count). The predicted octanol–water partition coefficient (Wildman–Crippen LogP) is 2.21. The van der Waals surface area contributed by atoms with Gasteiger partial charge in [-0.05, 0) is 32.0 Å². The Morgan fingerprint density at radius 2 is 2.20 bits per heavy atom. The molecule has 0 aliphatic heterocycles. The van der Waals surface area contributed by atoms with Gasteiger partial charge in [-0.3, -0.25) is 0 Å². The predicted molar refractivity (Wildman–Crippen MR) is 61.3 cm³/mol. The minimum absolute atomic E-state index is 0.244. The summed E-state index contributed by atoms with van der Waals surface area (Å²) >= 11 is 6.04. The van der Waals surface area contributed by atoms with Crippen molar-refractivity contribution in [2.24, 2.45) is 5.73 Å². The van der Waals surface area contributed by atoms with E-state index in [0.29, 0.717) is 24.6 Å². The molecular formula is C11H16ClNO2. The van der Waals surface area contributed by atoms with Crippen molar-refractivity contribution in [3.8, 4) is 5.75 Å². The Morgan fingerprint density at radius 1 is 1.40 bits per heavy atom. The van der Waals surface area contributed by atoms with E-state index in [1.165, 1.54) is 0 Å². The molecule has 1 aromatic rings. The maximum atomic E-state index is 6.04. The lowest BCUT2D eigenvalue weighted by atomic mass is 10.1. The van der Waals surface area contributed by atoms with Crippen molar-refractivity contribution >= 4 is 11.6 Å². The molecule has 0 spiro atoms. The topological polar surface area (TPSA) is 44.5 Å². The van der Waals surface area contributed by atoms with Crippen molar-refractivity contribution in [3.05, 3.63) is 28.8 Å². The third kappa shape index (κ3) is 3.70. The lowest BCUT2D eigenvalue weighted by Crippen LogP contribution is -2.08. The van der Waals surface area contributed by atoms with E-state index < -0.39 is 0 Å². The molecule has 0 saturated heterocycles. The maximum Gasteiger partial charge on any atom is 0.189 e. The lowest BCUT2D eigenvalue weighted by molar-refractivity contribution is 0.0218. The molecule has 0 aliphatic rings. The van der Waals surface area contributed by atoms with Gasteiger partial charge < -0.3 is 15.2 Å². The normalized spacial score (nSPS) is 10.3. The van der Waals surface area contributed by atoms with Gasteiger partial charge in [-0.15, -0.1) is 0 Å². The minimum atomic E-state index is 0.244. The van der Waals surface area contributed by atoms with Crippen LogP contribution in [0.25, 0.3) is 0 Å². The van der Waals surface area contributed by atoms with Crippen LogP contribution in [0.4, 0.5) is 0 Å². The Labute approximate surface area is 95.1 Å². The first-order chi connectivity index (χ1) is 7.29. The molecule has 0 atom stereocenters. The van der Waals surface area contributed by atoms with Crippen molar-refractivity contribution in [1.82, 2.24) is 0 Å². The maximum absolute atomic E-state index is 6.04. The third-order valence-corrected chi connectivity index (χ3v) is 2.33. The molecule has 0 heterocycles. The van der Waals surface area contributed by atoms with Gasteiger partial charge in [0.1, 0.15) is 5.75 Å². The fourth-order valence-electron chi connectivity index (χ4n) is 1.25. The molecule has 0 unspecified atom stereocenters. The van der Waals surface area contributed by atoms with E-state index in [-0.39, 0.29) is 6.79 Å². The zero-order chi connectivity index (χ0) is 11.1. The Morgan fingerprint density at radius 3 is 2.87 bits per heavy atom. The van der Waals surface area contributed by atoms with E-state index in [2.05, 4.69) is 0 Å². The largest absolute Gasteiger partial charge is 0.467 e. The third-order valence-electron chi connectivity index (χ3n) is 1.97. The fourth-order valence-corrected chi connectivity index (χ4v) is 1.51. The first-order valence-electron chi connectivity index (χ1n) is 4.97. The summed E-state index contributed by atoms with van der Waals surface area (Å²) in [7, 11) is 0. The lowest BCUT2D eigenvalue weighted by Gasteiger charge is -2.11. The Kier molecular flexibility index (Phi) is 5.47. The van der Waals surface area contributed by atoms with Crippen LogP contribution in [0.15, 0.2) is 18.2 Å². The van der Waals surface area contributed by atoms with E-state index in [1.54, 1.807) is 0 Å². The Bertz CT molecular complexity index is 305. The van der Waals surface area contributed by atoms with Gasteiger partial charge in [-0.2, -0.15) is 0 Å². The number of halogens is 1. The minimum Gasteiger partial charge on any atom is -0.467 e. The second-order valence-corrected chi connectivity index (χ2v) is 3.42. The second-order valence-electron chi connectivity index (χ2n) is 3.01. The molecule has 0 bridgehead atoms. The second kappa shape index (κ2) is 6.67. The highest BCUT2D eigenvalue weighted by Gasteiger charge is 2.06. The van der Waals surface area contributed by atoms with Crippen LogP contribution in [0.3, 0.4) is 0 Å². The highest BCUT2D eigenvalue weighted by atomic mass is 35.5. The summed E-state index contributed by atoms with van der Waals surface area (Å²) in [4.78, 5) is 0. The van der Waals surface area contributed by atoms with E-state index in [9.17, 15) is 0 Å². The molecule has 0 radical (unpaired) electrons. The van der Waals surface area contributed by atoms with Crippen LogP contribution in [0.1, 0.15) is 12.5 Å². The van der Waals surface area contributed by atoms with Crippen LogP contribution in [-0.2, 0) is 11.2 Å². The molecule has 0 aromatic heterocycles. The van der Waals surface area contributed by atoms with E-state index >= 15 is 0 Å². The SMILES string of the molecule is CCOCOc1cccc(Cl)c1CCN. The van der Waals surface area contributed by atoms with Crippen LogP contribution < -0.4 is 10.5 Å². The summed E-state index contributed by atoms with van der Waals surface area (Å²) in [5.74, 6) is 0.751. The van der Waals surface area contributed by atoms with Crippen LogP contribution in [0.5, 0.6) is 5.75 Å². The average Bonchev–Trinajstić information content (AvgIpc) is 2.23. The van der Waals surface area contributed by atoms with Crippen molar-refractivity contribution < 1.29 is 9.47 Å². The number of hydrogen-bond donors (Lipinski definition) is 1. The van der Waals surface area contributed by atoms with Crippen molar-refractivity contribution in [3.63, 3.8) is 0 Å². The average molecular weight is 230 g/mol. The van der Waals surface area contributed by atoms with E-state index in [0.717, 1.165) is 11.3 Å². The number of ether oxygens (including phenoxy) is 2. The van der Waals surface area contributed by atoms with Crippen LogP contribution in [0, 0.1) is 0 Å². The zero-order valence-electron chi connectivity index (χ0n) is 8.83. The highest BCUT2D eigenvalue weighted by molar-refractivity contribution is 6.31. The van der Waals surface area contributed by atoms with Gasteiger partial charge in [0.25, 0.3) is 0 Å². The summed E-state index contributed by atoms with van der Waals surface area (Å²) in [6, 6.07) is 5.56. The van der Waals surface area contributed by atoms with Gasteiger partial charge in [0.15, 0.2) is 6.79 Å². The summed E-state index contributed by atoms with van der Waals surface area (Å²) in [6.45, 7) is 3.35. The highest BCUT2D eigenvalue weighted by Crippen LogP contribution is 2.26. The summed E-state index contributed by atoms with van der Waals surface area (Å²) in [6.07, 6.45) is 0.709. The summed E-state index contributed by atoms with van der Waals surface area (Å²) in [5, 5.41) is 0.689. The Hall–Kier alpha value is -0.770.